The van der Waals surface area contributed by atoms with Gasteiger partial charge in [-0.1, -0.05) is 18.2 Å². The Hall–Kier alpha value is -3.09. The number of ether oxygens (including phenoxy) is 2. The lowest BCUT2D eigenvalue weighted by molar-refractivity contribution is -0.122. The number of amides is 2. The van der Waals surface area contributed by atoms with Crippen molar-refractivity contribution in [3.8, 4) is 5.75 Å². The second kappa shape index (κ2) is 6.99. The maximum absolute atomic E-state index is 12.3. The van der Waals surface area contributed by atoms with Crippen LogP contribution in [0.25, 0.3) is 0 Å². The number of anilines is 2. The Kier molecular flexibility index (Phi) is 4.60. The number of pyridine rings is 1. The highest BCUT2D eigenvalue weighted by atomic mass is 16.5. The average molecular weight is 327 g/mol. The Morgan fingerprint density at radius 3 is 2.79 bits per heavy atom. The molecule has 1 unspecified atom stereocenters. The summed E-state index contributed by atoms with van der Waals surface area (Å²) in [6.45, 7) is 2.00. The predicted octanol–water partition coefficient (Wildman–Crippen LogP) is 2.59. The number of carbonyl (C=O) groups is 2. The summed E-state index contributed by atoms with van der Waals surface area (Å²) < 4.78 is 10.4. The molecule has 0 spiro atoms. The molecule has 3 rings (SSSR count). The Labute approximate surface area is 139 Å². The van der Waals surface area contributed by atoms with Crippen LogP contribution in [0, 0.1) is 0 Å². The third-order valence-corrected chi connectivity index (χ3v) is 3.48. The summed E-state index contributed by atoms with van der Waals surface area (Å²) in [6.07, 6.45) is 0.873. The lowest BCUT2D eigenvalue weighted by Gasteiger charge is -2.11. The molecule has 1 aromatic carbocycles. The van der Waals surface area contributed by atoms with E-state index >= 15 is 0 Å². The van der Waals surface area contributed by atoms with Crippen LogP contribution in [0.4, 0.5) is 16.3 Å². The zero-order valence-corrected chi connectivity index (χ0v) is 13.1. The largest absolute Gasteiger partial charge is 0.480 e. The van der Waals surface area contributed by atoms with Gasteiger partial charge in [-0.25, -0.2) is 9.78 Å². The first-order chi connectivity index (χ1) is 11.7. The predicted molar refractivity (Wildman–Crippen MR) is 88.1 cm³/mol. The Bertz CT molecular complexity index is 721. The van der Waals surface area contributed by atoms with Crippen molar-refractivity contribution in [2.75, 3.05) is 17.2 Å². The van der Waals surface area contributed by atoms with Gasteiger partial charge in [0.15, 0.2) is 6.10 Å². The molecular formula is C17H17N3O4. The van der Waals surface area contributed by atoms with Crippen molar-refractivity contribution in [1.82, 2.24) is 4.98 Å². The minimum absolute atomic E-state index is 0.237. The molecular weight excluding hydrogens is 310 g/mol. The fraction of sp³-hybridized carbons (Fsp3) is 0.235. The van der Waals surface area contributed by atoms with Crippen LogP contribution in [-0.2, 0) is 16.0 Å². The van der Waals surface area contributed by atoms with Crippen LogP contribution in [0.15, 0.2) is 42.6 Å². The van der Waals surface area contributed by atoms with Crippen molar-refractivity contribution in [2.45, 2.75) is 19.4 Å². The highest BCUT2D eigenvalue weighted by Crippen LogP contribution is 2.28. The van der Waals surface area contributed by atoms with E-state index in [1.54, 1.807) is 19.1 Å². The first-order valence-corrected chi connectivity index (χ1v) is 7.61. The van der Waals surface area contributed by atoms with Crippen LogP contribution in [0.1, 0.15) is 12.5 Å². The molecule has 0 saturated heterocycles. The van der Waals surface area contributed by atoms with Crippen LogP contribution in [-0.4, -0.2) is 29.7 Å². The summed E-state index contributed by atoms with van der Waals surface area (Å²) >= 11 is 0. The first kappa shape index (κ1) is 15.8. The number of nitrogens with one attached hydrogen (secondary N) is 2. The van der Waals surface area contributed by atoms with Gasteiger partial charge in [0.05, 0.1) is 18.5 Å². The molecule has 7 heteroatoms. The van der Waals surface area contributed by atoms with Gasteiger partial charge in [0, 0.05) is 6.42 Å². The van der Waals surface area contributed by atoms with Gasteiger partial charge in [-0.3, -0.25) is 10.1 Å². The number of hydrogen-bond donors (Lipinski definition) is 2. The van der Waals surface area contributed by atoms with Crippen LogP contribution < -0.4 is 15.4 Å². The fourth-order valence-electron chi connectivity index (χ4n) is 2.36. The van der Waals surface area contributed by atoms with E-state index in [9.17, 15) is 9.59 Å². The van der Waals surface area contributed by atoms with E-state index in [0.29, 0.717) is 17.9 Å². The van der Waals surface area contributed by atoms with E-state index in [0.717, 1.165) is 11.3 Å². The zero-order chi connectivity index (χ0) is 16.9. The number of rotatable bonds is 4. The normalized spacial score (nSPS) is 15.1. The molecule has 7 nitrogen and oxygen atoms in total. The summed E-state index contributed by atoms with van der Waals surface area (Å²) in [7, 11) is 0. The van der Waals surface area contributed by atoms with Gasteiger partial charge in [-0.05, 0) is 30.7 Å². The molecule has 0 fully saturated rings. The lowest BCUT2D eigenvalue weighted by atomic mass is 10.1. The monoisotopic (exact) mass is 327 g/mol. The maximum Gasteiger partial charge on any atom is 0.412 e. The smallest absolute Gasteiger partial charge is 0.412 e. The molecule has 0 saturated carbocycles. The molecule has 124 valence electrons. The Morgan fingerprint density at radius 2 is 2.08 bits per heavy atom. The number of nitrogens with zero attached hydrogens (tertiary/aromatic N) is 1. The van der Waals surface area contributed by atoms with E-state index < -0.39 is 12.2 Å². The van der Waals surface area contributed by atoms with Crippen LogP contribution in [0.5, 0.6) is 5.75 Å². The van der Waals surface area contributed by atoms with E-state index in [1.807, 2.05) is 24.3 Å². The maximum atomic E-state index is 12.3. The molecule has 2 N–H and O–H groups in total. The van der Waals surface area contributed by atoms with Gasteiger partial charge in [-0.15, -0.1) is 0 Å². The standard InChI is InChI=1S/C17H17N3O4/c1-2-23-17(22)20-15-8-7-12(10-18-15)19-16(21)14-9-11-5-3-4-6-13(11)24-14/h3-8,10,14H,2,9H2,1H3,(H,19,21)(H,18,20,22). The third-order valence-electron chi connectivity index (χ3n) is 3.48. The van der Waals surface area contributed by atoms with Crippen molar-refractivity contribution in [1.29, 1.82) is 0 Å². The highest BCUT2D eigenvalue weighted by molar-refractivity contribution is 5.95. The molecule has 0 aliphatic carbocycles. The second-order valence-corrected chi connectivity index (χ2v) is 5.19. The molecule has 1 aliphatic rings. The quantitative estimate of drug-likeness (QED) is 0.901. The first-order valence-electron chi connectivity index (χ1n) is 7.61. The van der Waals surface area contributed by atoms with Crippen LogP contribution >= 0.6 is 0 Å². The number of fused-ring (bicyclic) bond motifs is 1. The molecule has 2 aromatic rings. The van der Waals surface area contributed by atoms with Gasteiger partial charge in [0.1, 0.15) is 11.6 Å². The lowest BCUT2D eigenvalue weighted by Crippen LogP contribution is -2.31. The van der Waals surface area contributed by atoms with Gasteiger partial charge >= 0.3 is 6.09 Å². The third kappa shape index (κ3) is 3.62. The number of benzene rings is 1. The zero-order valence-electron chi connectivity index (χ0n) is 13.1. The summed E-state index contributed by atoms with van der Waals surface area (Å²) in [4.78, 5) is 27.6. The molecule has 1 aliphatic heterocycles. The van der Waals surface area contributed by atoms with E-state index in [1.165, 1.54) is 6.20 Å². The fourth-order valence-corrected chi connectivity index (χ4v) is 2.36. The topological polar surface area (TPSA) is 89.6 Å². The van der Waals surface area contributed by atoms with Gasteiger partial charge in [-0.2, -0.15) is 0 Å². The molecule has 1 aromatic heterocycles. The van der Waals surface area contributed by atoms with E-state index in [2.05, 4.69) is 15.6 Å². The molecule has 24 heavy (non-hydrogen) atoms. The number of carbonyl (C=O) groups excluding carboxylic acids is 2. The number of para-hydroxylation sites is 1. The van der Waals surface area contributed by atoms with Crippen molar-refractivity contribution < 1.29 is 19.1 Å². The van der Waals surface area contributed by atoms with Crippen LogP contribution in [0.3, 0.4) is 0 Å². The van der Waals surface area contributed by atoms with Crippen LogP contribution in [0.2, 0.25) is 0 Å². The number of hydrogen-bond acceptors (Lipinski definition) is 5. The molecule has 2 heterocycles. The minimum Gasteiger partial charge on any atom is -0.480 e. The molecule has 0 bridgehead atoms. The minimum atomic E-state index is -0.570. The van der Waals surface area contributed by atoms with E-state index in [4.69, 9.17) is 9.47 Å². The molecule has 0 radical (unpaired) electrons. The highest BCUT2D eigenvalue weighted by Gasteiger charge is 2.28. The van der Waals surface area contributed by atoms with Crippen molar-refractivity contribution >= 4 is 23.5 Å². The van der Waals surface area contributed by atoms with Crippen molar-refractivity contribution in [3.05, 3.63) is 48.2 Å². The average Bonchev–Trinajstić information content (AvgIpc) is 3.01. The summed E-state index contributed by atoms with van der Waals surface area (Å²) in [5, 5.41) is 5.23. The Morgan fingerprint density at radius 1 is 1.25 bits per heavy atom. The summed E-state index contributed by atoms with van der Waals surface area (Å²) in [5.74, 6) is 0.847. The number of aromatic nitrogens is 1. The summed E-state index contributed by atoms with van der Waals surface area (Å²) in [6, 6.07) is 10.8. The van der Waals surface area contributed by atoms with Gasteiger partial charge in [0.25, 0.3) is 5.91 Å². The molecule has 2 amide bonds. The van der Waals surface area contributed by atoms with Gasteiger partial charge < -0.3 is 14.8 Å². The molecule has 1 atom stereocenters. The second-order valence-electron chi connectivity index (χ2n) is 5.19. The summed E-state index contributed by atoms with van der Waals surface area (Å²) in [5.41, 5.74) is 1.54. The van der Waals surface area contributed by atoms with Crippen molar-refractivity contribution in [2.24, 2.45) is 0 Å². The Balaban J connectivity index is 1.57. The SMILES string of the molecule is CCOC(=O)Nc1ccc(NC(=O)C2Cc3ccccc3O2)cn1. The van der Waals surface area contributed by atoms with E-state index in [-0.39, 0.29) is 12.5 Å². The van der Waals surface area contributed by atoms with Crippen molar-refractivity contribution in [3.63, 3.8) is 0 Å². The van der Waals surface area contributed by atoms with Gasteiger partial charge in [0.2, 0.25) is 0 Å².